The summed E-state index contributed by atoms with van der Waals surface area (Å²) in [5, 5.41) is 12.4. The SMILES string of the molecule is Cc1ccccc1Nc1nnc(SCC(=O)N2[C@@H](C)CCC[C@@H]2C)s1. The van der Waals surface area contributed by atoms with E-state index in [4.69, 9.17) is 0 Å². The maximum absolute atomic E-state index is 12.6. The van der Waals surface area contributed by atoms with Crippen molar-refractivity contribution in [2.24, 2.45) is 0 Å². The van der Waals surface area contributed by atoms with E-state index in [9.17, 15) is 4.79 Å². The minimum atomic E-state index is 0.202. The second kappa shape index (κ2) is 8.19. The molecule has 2 atom stereocenters. The number of hydrogen-bond acceptors (Lipinski definition) is 6. The summed E-state index contributed by atoms with van der Waals surface area (Å²) in [5.41, 5.74) is 2.19. The Morgan fingerprint density at radius 1 is 1.28 bits per heavy atom. The molecule has 2 aromatic rings. The number of aryl methyl sites for hydroxylation is 1. The zero-order chi connectivity index (χ0) is 17.8. The van der Waals surface area contributed by atoms with Crippen molar-refractivity contribution in [3.8, 4) is 0 Å². The van der Waals surface area contributed by atoms with Crippen molar-refractivity contribution in [2.75, 3.05) is 11.1 Å². The first kappa shape index (κ1) is 18.2. The van der Waals surface area contributed by atoms with Gasteiger partial charge in [0.15, 0.2) is 4.34 Å². The molecule has 0 aliphatic carbocycles. The molecule has 134 valence electrons. The summed E-state index contributed by atoms with van der Waals surface area (Å²) >= 11 is 2.96. The molecule has 1 saturated heterocycles. The molecule has 0 bridgehead atoms. The van der Waals surface area contributed by atoms with Crippen molar-refractivity contribution < 1.29 is 4.79 Å². The first-order chi connectivity index (χ1) is 12.0. The maximum atomic E-state index is 12.6. The predicted octanol–water partition coefficient (Wildman–Crippen LogP) is 4.47. The number of anilines is 2. The summed E-state index contributed by atoms with van der Waals surface area (Å²) in [6.07, 6.45) is 3.41. The van der Waals surface area contributed by atoms with E-state index >= 15 is 0 Å². The second-order valence-electron chi connectivity index (χ2n) is 6.53. The highest BCUT2D eigenvalue weighted by Crippen LogP contribution is 2.30. The first-order valence-corrected chi connectivity index (χ1v) is 10.4. The zero-order valence-corrected chi connectivity index (χ0v) is 16.5. The van der Waals surface area contributed by atoms with E-state index in [1.165, 1.54) is 29.5 Å². The third-order valence-electron chi connectivity index (χ3n) is 4.59. The van der Waals surface area contributed by atoms with Crippen molar-refractivity contribution >= 4 is 39.8 Å². The fraction of sp³-hybridized carbons (Fsp3) is 0.500. The number of hydrogen-bond donors (Lipinski definition) is 1. The Labute approximate surface area is 157 Å². The van der Waals surface area contributed by atoms with Crippen LogP contribution in [0.4, 0.5) is 10.8 Å². The maximum Gasteiger partial charge on any atom is 0.233 e. The summed E-state index contributed by atoms with van der Waals surface area (Å²) in [5.74, 6) is 0.626. The zero-order valence-electron chi connectivity index (χ0n) is 14.9. The molecular weight excluding hydrogens is 352 g/mol. The minimum Gasteiger partial charge on any atom is -0.337 e. The van der Waals surface area contributed by atoms with Gasteiger partial charge in [0.25, 0.3) is 0 Å². The number of carbonyl (C=O) groups excluding carboxylic acids is 1. The van der Waals surface area contributed by atoms with Gasteiger partial charge in [0, 0.05) is 17.8 Å². The van der Waals surface area contributed by atoms with Crippen LogP contribution in [-0.2, 0) is 4.79 Å². The lowest BCUT2D eigenvalue weighted by Gasteiger charge is -2.39. The Hall–Kier alpha value is -1.60. The van der Waals surface area contributed by atoms with Crippen LogP contribution in [0.15, 0.2) is 28.6 Å². The van der Waals surface area contributed by atoms with Gasteiger partial charge < -0.3 is 10.2 Å². The average molecular weight is 377 g/mol. The van der Waals surface area contributed by atoms with Gasteiger partial charge in [-0.1, -0.05) is 41.3 Å². The lowest BCUT2D eigenvalue weighted by molar-refractivity contribution is -0.134. The Kier molecular flexibility index (Phi) is 5.96. The third kappa shape index (κ3) is 4.52. The predicted molar refractivity (Wildman–Crippen MR) is 105 cm³/mol. The molecule has 0 saturated carbocycles. The van der Waals surface area contributed by atoms with Crippen LogP contribution in [0, 0.1) is 6.92 Å². The van der Waals surface area contributed by atoms with Crippen molar-refractivity contribution in [3.63, 3.8) is 0 Å². The van der Waals surface area contributed by atoms with Crippen LogP contribution < -0.4 is 5.32 Å². The Bertz CT molecular complexity index is 723. The number of amides is 1. The molecule has 1 aliphatic rings. The number of para-hydroxylation sites is 1. The van der Waals surface area contributed by atoms with Gasteiger partial charge >= 0.3 is 0 Å². The standard InChI is InChI=1S/C18H24N4OS2/c1-12-7-4-5-10-15(12)19-17-20-21-18(25-17)24-11-16(23)22-13(2)8-6-9-14(22)3/h4-5,7,10,13-14H,6,8-9,11H2,1-3H3,(H,19,20)/t13-,14-/m0/s1. The fourth-order valence-electron chi connectivity index (χ4n) is 3.26. The van der Waals surface area contributed by atoms with Gasteiger partial charge in [-0.2, -0.15) is 0 Å². The van der Waals surface area contributed by atoms with Gasteiger partial charge in [-0.15, -0.1) is 10.2 Å². The molecule has 0 spiro atoms. The van der Waals surface area contributed by atoms with Gasteiger partial charge in [-0.25, -0.2) is 0 Å². The summed E-state index contributed by atoms with van der Waals surface area (Å²) in [6.45, 7) is 6.35. The molecule has 5 nitrogen and oxygen atoms in total. The van der Waals surface area contributed by atoms with E-state index in [0.717, 1.165) is 33.6 Å². The summed E-state index contributed by atoms with van der Waals surface area (Å²) in [6, 6.07) is 8.75. The smallest absolute Gasteiger partial charge is 0.233 e. The van der Waals surface area contributed by atoms with Crippen LogP contribution in [0.3, 0.4) is 0 Å². The van der Waals surface area contributed by atoms with Gasteiger partial charge in [-0.3, -0.25) is 4.79 Å². The topological polar surface area (TPSA) is 58.1 Å². The number of nitrogens with zero attached hydrogens (tertiary/aromatic N) is 3. The molecule has 0 radical (unpaired) electrons. The summed E-state index contributed by atoms with van der Waals surface area (Å²) in [4.78, 5) is 14.6. The Balaban J connectivity index is 1.56. The number of nitrogens with one attached hydrogen (secondary N) is 1. The highest BCUT2D eigenvalue weighted by Gasteiger charge is 2.28. The summed E-state index contributed by atoms with van der Waals surface area (Å²) in [7, 11) is 0. The first-order valence-electron chi connectivity index (χ1n) is 8.64. The van der Waals surface area contributed by atoms with Crippen molar-refractivity contribution in [1.82, 2.24) is 15.1 Å². The van der Waals surface area contributed by atoms with E-state index in [2.05, 4.69) is 42.4 Å². The largest absolute Gasteiger partial charge is 0.337 e. The molecule has 7 heteroatoms. The van der Waals surface area contributed by atoms with E-state index in [0.29, 0.717) is 17.8 Å². The fourth-order valence-corrected chi connectivity index (χ4v) is 4.89. The van der Waals surface area contributed by atoms with Crippen molar-refractivity contribution in [3.05, 3.63) is 29.8 Å². The normalized spacial score (nSPS) is 20.5. The number of rotatable bonds is 5. The van der Waals surface area contributed by atoms with Crippen LogP contribution in [0.25, 0.3) is 0 Å². The van der Waals surface area contributed by atoms with E-state index in [1.54, 1.807) is 0 Å². The number of benzene rings is 1. The average Bonchev–Trinajstić information content (AvgIpc) is 3.02. The van der Waals surface area contributed by atoms with Crippen LogP contribution in [-0.4, -0.2) is 38.8 Å². The van der Waals surface area contributed by atoms with Crippen LogP contribution in [0.5, 0.6) is 0 Å². The number of carbonyl (C=O) groups is 1. The van der Waals surface area contributed by atoms with Gasteiger partial charge in [0.2, 0.25) is 11.0 Å². The molecule has 0 unspecified atom stereocenters. The van der Waals surface area contributed by atoms with Gasteiger partial charge in [0.05, 0.1) is 5.75 Å². The van der Waals surface area contributed by atoms with E-state index < -0.39 is 0 Å². The van der Waals surface area contributed by atoms with E-state index in [1.807, 2.05) is 23.1 Å². The summed E-state index contributed by atoms with van der Waals surface area (Å²) < 4.78 is 0.821. The quantitative estimate of drug-likeness (QED) is 0.780. The molecule has 1 N–H and O–H groups in total. The van der Waals surface area contributed by atoms with Crippen LogP contribution in [0.1, 0.15) is 38.7 Å². The molecule has 1 aliphatic heterocycles. The lowest BCUT2D eigenvalue weighted by atomic mass is 9.98. The van der Waals surface area contributed by atoms with Gasteiger partial charge in [0.1, 0.15) is 0 Å². The van der Waals surface area contributed by atoms with Crippen LogP contribution >= 0.6 is 23.1 Å². The van der Waals surface area contributed by atoms with Crippen molar-refractivity contribution in [1.29, 1.82) is 0 Å². The monoisotopic (exact) mass is 376 g/mol. The molecule has 25 heavy (non-hydrogen) atoms. The molecule has 1 fully saturated rings. The number of aromatic nitrogens is 2. The van der Waals surface area contributed by atoms with Gasteiger partial charge in [-0.05, 0) is 51.7 Å². The lowest BCUT2D eigenvalue weighted by Crippen LogP contribution is -2.48. The molecule has 1 aromatic heterocycles. The second-order valence-corrected chi connectivity index (χ2v) is 8.73. The number of thioether (sulfide) groups is 1. The third-order valence-corrected chi connectivity index (χ3v) is 6.55. The minimum absolute atomic E-state index is 0.202. The van der Waals surface area contributed by atoms with Crippen molar-refractivity contribution in [2.45, 2.75) is 56.5 Å². The molecule has 2 heterocycles. The van der Waals surface area contributed by atoms with Crippen LogP contribution in [0.2, 0.25) is 0 Å². The molecule has 1 amide bonds. The highest BCUT2D eigenvalue weighted by atomic mass is 32.2. The highest BCUT2D eigenvalue weighted by molar-refractivity contribution is 8.01. The number of likely N-dealkylation sites (tertiary alicyclic amines) is 1. The molecular formula is C18H24N4OS2. The Morgan fingerprint density at radius 3 is 2.72 bits per heavy atom. The van der Waals surface area contributed by atoms with E-state index in [-0.39, 0.29) is 5.91 Å². The number of piperidine rings is 1. The molecule has 1 aromatic carbocycles. The molecule has 3 rings (SSSR count). The Morgan fingerprint density at radius 2 is 2.00 bits per heavy atom.